The SMILES string of the molecule is CC1NC(=O)CCSCc2cccc(c2)CSC[C@@H](C(N)=O)NC(=O)[C@]2(C)CCCN2C(=O)[C@H](Cc2ccc(O)cc2)NC(=O)[C@H](Cc2cnc[nH]2)NC(=O)[C@H](CC(=O)O)CC(=O)[C@H](Cc2c[nH]c3ccc(F)cc23)NC(=O)[C@H](Cc2c[nH]c3ccc(F)cc23)NC(=O)c2cnc1s2. The van der Waals surface area contributed by atoms with Gasteiger partial charge in [-0.15, -0.1) is 11.3 Å². The predicted molar refractivity (Wildman–Crippen MR) is 363 cm³/mol. The van der Waals surface area contributed by atoms with Crippen molar-refractivity contribution in [2.24, 2.45) is 11.7 Å². The lowest BCUT2D eigenvalue weighted by molar-refractivity contribution is -0.147. The fraction of sp³-hybridized carbons (Fsp3) is 0.353. The van der Waals surface area contributed by atoms with Crippen LogP contribution in [0.4, 0.5) is 8.78 Å². The molecular weight excluding hydrogens is 1330 g/mol. The summed E-state index contributed by atoms with van der Waals surface area (Å²) in [5.41, 5.74) is 8.58. The first-order valence-corrected chi connectivity index (χ1v) is 34.7. The number of nitrogens with two attached hydrogens (primary N) is 1. The molecular formula is C68H73F2N13O12S3. The molecule has 0 saturated carbocycles. The number of carbonyl (C=O) groups is 10. The summed E-state index contributed by atoms with van der Waals surface area (Å²) in [6, 6.07) is 13.3. The Morgan fingerprint density at radius 3 is 1.99 bits per heavy atom. The lowest BCUT2D eigenvalue weighted by Gasteiger charge is -2.37. The van der Waals surface area contributed by atoms with Gasteiger partial charge in [0.15, 0.2) is 5.78 Å². The van der Waals surface area contributed by atoms with Crippen molar-refractivity contribution in [3.8, 4) is 5.75 Å². The molecule has 10 rings (SSSR count). The molecule has 13 N–H and O–H groups in total. The van der Waals surface area contributed by atoms with Crippen LogP contribution in [0.25, 0.3) is 21.8 Å². The maximum absolute atomic E-state index is 15.2. The molecule has 1 fully saturated rings. The topological polar surface area (TPSA) is 386 Å². The third-order valence-corrected chi connectivity index (χ3v) is 20.6. The van der Waals surface area contributed by atoms with Crippen molar-refractivity contribution in [3.05, 3.63) is 171 Å². The maximum Gasteiger partial charge on any atom is 0.304 e. The number of nitrogens with one attached hydrogen (secondary N) is 9. The summed E-state index contributed by atoms with van der Waals surface area (Å²) in [6.45, 7) is 3.27. The van der Waals surface area contributed by atoms with E-state index in [1.807, 2.05) is 24.3 Å². The lowest BCUT2D eigenvalue weighted by atomic mass is 9.91. The van der Waals surface area contributed by atoms with E-state index in [2.05, 4.69) is 56.8 Å². The number of thioether (sulfide) groups is 2. The van der Waals surface area contributed by atoms with Crippen molar-refractivity contribution in [2.75, 3.05) is 18.1 Å². The molecule has 4 aromatic heterocycles. The first-order chi connectivity index (χ1) is 47.0. The molecule has 0 aliphatic carbocycles. The monoisotopic (exact) mass is 1400 g/mol. The van der Waals surface area contributed by atoms with Gasteiger partial charge in [-0.2, -0.15) is 23.5 Å². The van der Waals surface area contributed by atoms with E-state index in [0.717, 1.165) is 22.5 Å². The Morgan fingerprint density at radius 2 is 1.35 bits per heavy atom. The van der Waals surface area contributed by atoms with Crippen LogP contribution in [0.1, 0.15) is 100 Å². The molecule has 98 heavy (non-hydrogen) atoms. The molecule has 25 nitrogen and oxygen atoms in total. The number of benzene rings is 4. The van der Waals surface area contributed by atoms with Gasteiger partial charge in [0.25, 0.3) is 5.91 Å². The van der Waals surface area contributed by atoms with Gasteiger partial charge in [0.05, 0.1) is 36.9 Å². The number of imidazole rings is 1. The van der Waals surface area contributed by atoms with E-state index < -0.39 is 125 Å². The lowest BCUT2D eigenvalue weighted by Crippen LogP contribution is -2.63. The molecule has 8 aromatic rings. The summed E-state index contributed by atoms with van der Waals surface area (Å²) >= 11 is 3.83. The van der Waals surface area contributed by atoms with Crippen molar-refractivity contribution in [1.82, 2.24) is 61.7 Å². The quantitative estimate of drug-likeness (QED) is 0.0762. The third kappa shape index (κ3) is 18.0. The van der Waals surface area contributed by atoms with Crippen molar-refractivity contribution < 1.29 is 66.9 Å². The number of aliphatic carboxylic acids is 1. The van der Waals surface area contributed by atoms with E-state index in [1.54, 1.807) is 6.92 Å². The number of nitrogens with zero attached hydrogens (tertiary/aromatic N) is 3. The fourth-order valence-electron chi connectivity index (χ4n) is 12.0. The number of Topliss-reactive ketones (excluding diaryl/α,β-unsaturated/α-hetero) is 1. The number of aromatic hydroxyl groups is 1. The number of phenols is 1. The Morgan fingerprint density at radius 1 is 0.714 bits per heavy atom. The third-order valence-electron chi connectivity index (χ3n) is 17.3. The number of aromatic amines is 3. The second-order valence-corrected chi connectivity index (χ2v) is 27.7. The van der Waals surface area contributed by atoms with Crippen LogP contribution in [0.3, 0.4) is 0 Å². The van der Waals surface area contributed by atoms with Crippen molar-refractivity contribution >= 4 is 116 Å². The van der Waals surface area contributed by atoms with Gasteiger partial charge >= 0.3 is 5.97 Å². The molecule has 0 radical (unpaired) electrons. The minimum absolute atomic E-state index is 0.0303. The van der Waals surface area contributed by atoms with Gasteiger partial charge in [-0.25, -0.2) is 18.7 Å². The zero-order chi connectivity index (χ0) is 69.8. The number of carboxylic acids is 1. The molecule has 6 heterocycles. The van der Waals surface area contributed by atoms with Crippen molar-refractivity contribution in [2.45, 2.75) is 125 Å². The Balaban J connectivity index is 0.990. The normalized spacial score (nSPS) is 22.8. The number of aromatic nitrogens is 5. The number of carbonyl (C=O) groups excluding carboxylic acids is 9. The second-order valence-electron chi connectivity index (χ2n) is 24.5. The van der Waals surface area contributed by atoms with E-state index in [1.165, 1.54) is 127 Å². The first kappa shape index (κ1) is 70.8. The van der Waals surface area contributed by atoms with Crippen molar-refractivity contribution in [3.63, 3.8) is 0 Å². The van der Waals surface area contributed by atoms with E-state index in [0.29, 0.717) is 72.9 Å². The molecule has 8 atom stereocenters. The molecule has 514 valence electrons. The van der Waals surface area contributed by atoms with Gasteiger partial charge in [-0.3, -0.25) is 47.9 Å². The van der Waals surface area contributed by atoms with Crippen molar-refractivity contribution in [1.29, 1.82) is 0 Å². The van der Waals surface area contributed by atoms with Crippen LogP contribution in [0.2, 0.25) is 0 Å². The number of carboxylic acid groups (broad SMARTS) is 1. The van der Waals surface area contributed by atoms with E-state index in [9.17, 15) is 47.8 Å². The maximum atomic E-state index is 15.2. The van der Waals surface area contributed by atoms with Gasteiger partial charge < -0.3 is 67.7 Å². The molecule has 1 saturated heterocycles. The van der Waals surface area contributed by atoms with Gasteiger partial charge in [0.2, 0.25) is 41.4 Å². The first-order valence-electron chi connectivity index (χ1n) is 31.6. The molecule has 0 spiro atoms. The van der Waals surface area contributed by atoms with Crippen LogP contribution in [0.5, 0.6) is 5.75 Å². The Labute approximate surface area is 572 Å². The average Bonchev–Trinajstić information content (AvgIpc) is 1.57. The van der Waals surface area contributed by atoms with Gasteiger partial charge in [0.1, 0.15) is 57.0 Å². The fourth-order valence-corrected chi connectivity index (χ4v) is 14.7. The van der Waals surface area contributed by atoms with Crippen LogP contribution in [0, 0.1) is 17.6 Å². The number of primary amides is 1. The predicted octanol–water partition coefficient (Wildman–Crippen LogP) is 5.49. The summed E-state index contributed by atoms with van der Waals surface area (Å²) in [7, 11) is 0. The number of rotatable bonds is 11. The highest BCUT2D eigenvalue weighted by Crippen LogP contribution is 2.32. The van der Waals surface area contributed by atoms with Crippen LogP contribution in [0.15, 0.2) is 116 Å². The minimum atomic E-state index is -1.77. The molecule has 2 aliphatic rings. The summed E-state index contributed by atoms with van der Waals surface area (Å²) < 4.78 is 29.8. The number of H-pyrrole nitrogens is 3. The number of phenolic OH excluding ortho intramolecular Hbond substituents is 1. The zero-order valence-corrected chi connectivity index (χ0v) is 55.7. The number of thiazole rings is 1. The number of amides is 8. The average molecular weight is 1400 g/mol. The van der Waals surface area contributed by atoms with Crippen LogP contribution >= 0.6 is 34.9 Å². The number of hydrogen-bond donors (Lipinski definition) is 12. The van der Waals surface area contributed by atoms with Crippen LogP contribution in [-0.4, -0.2) is 153 Å². The molecule has 1 unspecified atom stereocenters. The minimum Gasteiger partial charge on any atom is -0.508 e. The smallest absolute Gasteiger partial charge is 0.304 e. The van der Waals surface area contributed by atoms with E-state index in [-0.39, 0.29) is 67.4 Å². The summed E-state index contributed by atoms with van der Waals surface area (Å²) in [5.74, 6) is -10.4. The summed E-state index contributed by atoms with van der Waals surface area (Å²) in [6.07, 6.45) is 4.45. The highest BCUT2D eigenvalue weighted by molar-refractivity contribution is 7.98. The van der Waals surface area contributed by atoms with Crippen LogP contribution < -0.4 is 37.6 Å². The Kier molecular flexibility index (Phi) is 23.1. The molecule has 30 heteroatoms. The highest BCUT2D eigenvalue weighted by atomic mass is 32.2. The largest absolute Gasteiger partial charge is 0.508 e. The zero-order valence-electron chi connectivity index (χ0n) is 53.3. The molecule has 4 bridgehead atoms. The molecule has 4 aromatic carbocycles. The molecule has 8 amide bonds. The molecule has 2 aliphatic heterocycles. The van der Waals surface area contributed by atoms with E-state index >= 15 is 19.2 Å². The Bertz CT molecular complexity index is 4280. The number of halogens is 2. The van der Waals surface area contributed by atoms with Gasteiger partial charge in [-0.1, -0.05) is 36.4 Å². The highest BCUT2D eigenvalue weighted by Gasteiger charge is 2.49. The number of fused-ring (bicyclic) bond motifs is 7. The van der Waals surface area contributed by atoms with Crippen LogP contribution in [-0.2, 0) is 80.3 Å². The van der Waals surface area contributed by atoms with Gasteiger partial charge in [0, 0.05) is 114 Å². The van der Waals surface area contributed by atoms with E-state index in [4.69, 9.17) is 5.73 Å². The second kappa shape index (κ2) is 32.0. The summed E-state index contributed by atoms with van der Waals surface area (Å²) in [5, 5.41) is 38.2. The Hall–Kier alpha value is -9.94. The summed E-state index contributed by atoms with van der Waals surface area (Å²) in [4.78, 5) is 162. The van der Waals surface area contributed by atoms with Gasteiger partial charge in [-0.05, 0) is 103 Å². The number of ketones is 1. The standard InChI is InChI=1S/C68H73F2N13O12S3/c1-36-65-75-31-57(98-65)64(93)80-52(22-42-29-74-50-14-10-44(70)26-48(42)50)62(91)78-51(21-41-28-73-49-13-9-43(69)25-47(41)49)56(85)23-40(24-59(87)88)61(90)79-53(27-45-30-72-35-76-45)63(92)81-54(20-37-7-11-46(84)12-8-37)66(94)83-17-4-16-68(83,2)67(95)82-55(60(71)89)34-97-33-39-6-3-5-38(19-39)32-96-18-15-58(86)77-36/h3,5-14,19,25-26,28-31,35-36,40,51-55,73-74,84H,4,15-18,20-24,27,32-34H2,1-2H3,(H2,71,89)(H,72,76)(H,77,86)(H,78,91)(H,79,90)(H,80,93)(H,81,92)(H,82,95)(H,87,88)/t36?,40-,51-,52-,53-,54-,55-,68-/m0/s1. The number of hydrogen-bond acceptors (Lipinski definition) is 16.